The lowest BCUT2D eigenvalue weighted by molar-refractivity contribution is -0.133. The Morgan fingerprint density at radius 1 is 1.41 bits per heavy atom. The fourth-order valence-corrected chi connectivity index (χ4v) is 3.58. The molecule has 1 aliphatic heterocycles. The molecule has 0 radical (unpaired) electrons. The zero-order valence-electron chi connectivity index (χ0n) is 12.4. The fraction of sp³-hybridized carbons (Fsp3) is 0.467. The molecule has 1 aromatic carbocycles. The molecule has 1 saturated heterocycles. The van der Waals surface area contributed by atoms with Gasteiger partial charge in [0.15, 0.2) is 0 Å². The van der Waals surface area contributed by atoms with E-state index >= 15 is 0 Å². The third-order valence-corrected chi connectivity index (χ3v) is 5.21. The molecule has 7 heteroatoms. The molecule has 1 atom stereocenters. The SMILES string of the molecule is CC(C)CNC(=O)CN1C(=O)CSC1c1ccc(Cl)c(Cl)c1. The van der Waals surface area contributed by atoms with Crippen molar-refractivity contribution in [3.8, 4) is 0 Å². The summed E-state index contributed by atoms with van der Waals surface area (Å²) in [7, 11) is 0. The monoisotopic (exact) mass is 360 g/mol. The van der Waals surface area contributed by atoms with Gasteiger partial charge in [-0.15, -0.1) is 11.8 Å². The number of hydrogen-bond donors (Lipinski definition) is 1. The summed E-state index contributed by atoms with van der Waals surface area (Å²) in [5.74, 6) is 0.552. The summed E-state index contributed by atoms with van der Waals surface area (Å²) in [6, 6.07) is 5.29. The average molecular weight is 361 g/mol. The van der Waals surface area contributed by atoms with Crippen LogP contribution in [-0.2, 0) is 9.59 Å². The van der Waals surface area contributed by atoms with E-state index in [1.165, 1.54) is 11.8 Å². The molecule has 0 aliphatic carbocycles. The number of nitrogens with zero attached hydrogens (tertiary/aromatic N) is 1. The highest BCUT2D eigenvalue weighted by atomic mass is 35.5. The third-order valence-electron chi connectivity index (χ3n) is 3.22. The van der Waals surface area contributed by atoms with Gasteiger partial charge in [-0.25, -0.2) is 0 Å². The Bertz CT molecular complexity index is 581. The average Bonchev–Trinajstić information content (AvgIpc) is 2.81. The summed E-state index contributed by atoms with van der Waals surface area (Å²) in [5.41, 5.74) is 0.877. The van der Waals surface area contributed by atoms with Gasteiger partial charge in [-0.2, -0.15) is 0 Å². The van der Waals surface area contributed by atoms with Crippen LogP contribution in [-0.4, -0.2) is 35.6 Å². The van der Waals surface area contributed by atoms with Crippen LogP contribution in [0.3, 0.4) is 0 Å². The first kappa shape index (κ1) is 17.4. The highest BCUT2D eigenvalue weighted by Crippen LogP contribution is 2.40. The molecule has 0 aromatic heterocycles. The second-order valence-electron chi connectivity index (χ2n) is 5.56. The third kappa shape index (κ3) is 4.31. The van der Waals surface area contributed by atoms with Crippen molar-refractivity contribution < 1.29 is 9.59 Å². The molecule has 2 amide bonds. The molecular weight excluding hydrogens is 343 g/mol. The maximum absolute atomic E-state index is 12.0. The molecular formula is C15H18Cl2N2O2S. The first-order valence-corrected chi connectivity index (χ1v) is 8.81. The summed E-state index contributed by atoms with van der Waals surface area (Å²) in [4.78, 5) is 25.6. The minimum Gasteiger partial charge on any atom is -0.354 e. The summed E-state index contributed by atoms with van der Waals surface area (Å²) in [5, 5.41) is 3.55. The van der Waals surface area contributed by atoms with Crippen LogP contribution < -0.4 is 5.32 Å². The van der Waals surface area contributed by atoms with Gasteiger partial charge in [0.2, 0.25) is 11.8 Å². The number of carbonyl (C=O) groups excluding carboxylic acids is 2. The quantitative estimate of drug-likeness (QED) is 0.875. The van der Waals surface area contributed by atoms with Gasteiger partial charge in [0.05, 0.1) is 15.8 Å². The number of nitrogens with one attached hydrogen (secondary N) is 1. The number of rotatable bonds is 5. The maximum atomic E-state index is 12.0. The number of benzene rings is 1. The van der Waals surface area contributed by atoms with Crippen LogP contribution in [0.25, 0.3) is 0 Å². The van der Waals surface area contributed by atoms with Gasteiger partial charge in [0.1, 0.15) is 11.9 Å². The van der Waals surface area contributed by atoms with Crippen LogP contribution in [0.4, 0.5) is 0 Å². The lowest BCUT2D eigenvalue weighted by atomic mass is 10.2. The normalized spacial score (nSPS) is 18.1. The zero-order chi connectivity index (χ0) is 16.3. The first-order chi connectivity index (χ1) is 10.4. The molecule has 4 nitrogen and oxygen atoms in total. The molecule has 0 spiro atoms. The van der Waals surface area contributed by atoms with Crippen LogP contribution in [0.1, 0.15) is 24.8 Å². The van der Waals surface area contributed by atoms with E-state index in [-0.39, 0.29) is 23.7 Å². The molecule has 1 unspecified atom stereocenters. The molecule has 2 rings (SSSR count). The predicted octanol–water partition coefficient (Wildman–Crippen LogP) is 3.34. The lowest BCUT2D eigenvalue weighted by Gasteiger charge is -2.24. The Morgan fingerprint density at radius 3 is 2.77 bits per heavy atom. The Labute approximate surface area is 144 Å². The Kier molecular flexibility index (Phi) is 6.01. The van der Waals surface area contributed by atoms with Gasteiger partial charge >= 0.3 is 0 Å². The summed E-state index contributed by atoms with van der Waals surface area (Å²) < 4.78 is 0. The maximum Gasteiger partial charge on any atom is 0.239 e. The van der Waals surface area contributed by atoms with Crippen molar-refractivity contribution in [1.29, 1.82) is 0 Å². The fourth-order valence-electron chi connectivity index (χ4n) is 2.10. The summed E-state index contributed by atoms with van der Waals surface area (Å²) >= 11 is 13.5. The van der Waals surface area contributed by atoms with E-state index in [0.717, 1.165) is 5.56 Å². The minimum absolute atomic E-state index is 0.0410. The standard InChI is InChI=1S/C15H18Cl2N2O2S/c1-9(2)6-18-13(20)7-19-14(21)8-22-15(19)10-3-4-11(16)12(17)5-10/h3-5,9,15H,6-8H2,1-2H3,(H,18,20). The Morgan fingerprint density at radius 2 is 2.14 bits per heavy atom. The smallest absolute Gasteiger partial charge is 0.239 e. The molecule has 1 N–H and O–H groups in total. The minimum atomic E-state index is -0.202. The van der Waals surface area contributed by atoms with E-state index in [2.05, 4.69) is 5.32 Å². The van der Waals surface area contributed by atoms with Crippen molar-refractivity contribution in [2.24, 2.45) is 5.92 Å². The van der Waals surface area contributed by atoms with Crippen molar-refractivity contribution in [3.05, 3.63) is 33.8 Å². The highest BCUT2D eigenvalue weighted by molar-refractivity contribution is 8.00. The summed E-state index contributed by atoms with van der Waals surface area (Å²) in [6.07, 6.45) is 0. The van der Waals surface area contributed by atoms with Crippen molar-refractivity contribution in [2.75, 3.05) is 18.8 Å². The predicted molar refractivity (Wildman–Crippen MR) is 91.2 cm³/mol. The van der Waals surface area contributed by atoms with E-state index in [4.69, 9.17) is 23.2 Å². The Hall–Kier alpha value is -0.910. The molecule has 1 aliphatic rings. The van der Waals surface area contributed by atoms with E-state index in [1.807, 2.05) is 19.9 Å². The van der Waals surface area contributed by atoms with Crippen LogP contribution in [0.5, 0.6) is 0 Å². The Balaban J connectivity index is 2.09. The highest BCUT2D eigenvalue weighted by Gasteiger charge is 2.34. The number of hydrogen-bond acceptors (Lipinski definition) is 3. The van der Waals surface area contributed by atoms with Gasteiger partial charge in [-0.05, 0) is 23.6 Å². The largest absolute Gasteiger partial charge is 0.354 e. The van der Waals surface area contributed by atoms with Crippen molar-refractivity contribution in [3.63, 3.8) is 0 Å². The topological polar surface area (TPSA) is 49.4 Å². The number of carbonyl (C=O) groups is 2. The van der Waals surface area contributed by atoms with Crippen molar-refractivity contribution >= 4 is 46.8 Å². The molecule has 0 bridgehead atoms. The van der Waals surface area contributed by atoms with Gasteiger partial charge in [-0.3, -0.25) is 9.59 Å². The van der Waals surface area contributed by atoms with E-state index < -0.39 is 0 Å². The van der Waals surface area contributed by atoms with Crippen molar-refractivity contribution in [2.45, 2.75) is 19.2 Å². The lowest BCUT2D eigenvalue weighted by Crippen LogP contribution is -2.40. The second-order valence-corrected chi connectivity index (χ2v) is 7.44. The second kappa shape index (κ2) is 7.57. The van der Waals surface area contributed by atoms with Gasteiger partial charge in [-0.1, -0.05) is 43.1 Å². The van der Waals surface area contributed by atoms with Crippen LogP contribution in [0, 0.1) is 5.92 Å². The summed E-state index contributed by atoms with van der Waals surface area (Å²) in [6.45, 7) is 4.71. The molecule has 0 saturated carbocycles. The zero-order valence-corrected chi connectivity index (χ0v) is 14.8. The molecule has 1 fully saturated rings. The van der Waals surface area contributed by atoms with E-state index in [1.54, 1.807) is 17.0 Å². The first-order valence-electron chi connectivity index (χ1n) is 7.01. The molecule has 120 valence electrons. The van der Waals surface area contributed by atoms with E-state index in [9.17, 15) is 9.59 Å². The number of amides is 2. The van der Waals surface area contributed by atoms with Crippen LogP contribution in [0.2, 0.25) is 10.0 Å². The van der Waals surface area contributed by atoms with Gasteiger partial charge in [0.25, 0.3) is 0 Å². The molecule has 22 heavy (non-hydrogen) atoms. The number of thioether (sulfide) groups is 1. The molecule has 1 aromatic rings. The van der Waals surface area contributed by atoms with E-state index in [0.29, 0.717) is 28.3 Å². The van der Waals surface area contributed by atoms with Gasteiger partial charge < -0.3 is 10.2 Å². The number of halogens is 2. The van der Waals surface area contributed by atoms with Crippen LogP contribution >= 0.6 is 35.0 Å². The molecule has 1 heterocycles. The van der Waals surface area contributed by atoms with Crippen LogP contribution in [0.15, 0.2) is 18.2 Å². The van der Waals surface area contributed by atoms with Gasteiger partial charge in [0, 0.05) is 6.54 Å². The van der Waals surface area contributed by atoms with Crippen molar-refractivity contribution in [1.82, 2.24) is 10.2 Å².